The fourth-order valence-corrected chi connectivity index (χ4v) is 1.14. The van der Waals surface area contributed by atoms with Gasteiger partial charge in [0, 0.05) is 12.4 Å². The van der Waals surface area contributed by atoms with Gasteiger partial charge in [-0.25, -0.2) is 4.79 Å². The smallest absolute Gasteiger partial charge is 0.337 e. The Balaban J connectivity index is 2.82. The van der Waals surface area contributed by atoms with Gasteiger partial charge in [0.05, 0.1) is 16.6 Å². The first-order valence-corrected chi connectivity index (χ1v) is 3.44. The van der Waals surface area contributed by atoms with Gasteiger partial charge in [-0.1, -0.05) is 0 Å². The molecule has 2 rings (SSSR count). The van der Waals surface area contributed by atoms with Gasteiger partial charge >= 0.3 is 5.97 Å². The lowest BCUT2D eigenvalue weighted by Gasteiger charge is -1.94. The molecule has 60 valence electrons. The van der Waals surface area contributed by atoms with Crippen LogP contribution in [0.2, 0.25) is 0 Å². The number of hydrogen-bond donors (Lipinski definition) is 2. The predicted octanol–water partition coefficient (Wildman–Crippen LogP) is 1.26. The number of carboxylic acids is 1. The van der Waals surface area contributed by atoms with Crippen LogP contribution in [0.25, 0.3) is 11.0 Å². The molecule has 4 heteroatoms. The number of aromatic nitrogens is 2. The first-order chi connectivity index (χ1) is 5.79. The van der Waals surface area contributed by atoms with E-state index < -0.39 is 5.97 Å². The fourth-order valence-electron chi connectivity index (χ4n) is 1.14. The first kappa shape index (κ1) is 6.84. The third kappa shape index (κ3) is 0.852. The number of carboxylic acid groups (broad SMARTS) is 1. The largest absolute Gasteiger partial charge is 0.478 e. The highest BCUT2D eigenvalue weighted by molar-refractivity contribution is 6.00. The van der Waals surface area contributed by atoms with Crippen molar-refractivity contribution in [1.82, 2.24) is 9.97 Å². The lowest BCUT2D eigenvalue weighted by molar-refractivity contribution is 0.0699. The van der Waals surface area contributed by atoms with Crippen molar-refractivity contribution in [3.8, 4) is 0 Å². The second-order valence-electron chi connectivity index (χ2n) is 2.40. The van der Waals surface area contributed by atoms with Gasteiger partial charge in [0.15, 0.2) is 0 Å². The number of nitrogens with one attached hydrogen (secondary N) is 1. The van der Waals surface area contributed by atoms with Crippen molar-refractivity contribution in [3.05, 3.63) is 30.1 Å². The van der Waals surface area contributed by atoms with E-state index >= 15 is 0 Å². The highest BCUT2D eigenvalue weighted by atomic mass is 16.4. The number of H-pyrrole nitrogens is 1. The van der Waals surface area contributed by atoms with Crippen molar-refractivity contribution in [2.75, 3.05) is 0 Å². The second kappa shape index (κ2) is 2.34. The Labute approximate surface area is 67.9 Å². The van der Waals surface area contributed by atoms with Crippen molar-refractivity contribution in [2.24, 2.45) is 0 Å². The maximum Gasteiger partial charge on any atom is 0.337 e. The van der Waals surface area contributed by atoms with Crippen LogP contribution < -0.4 is 0 Å². The van der Waals surface area contributed by atoms with Crippen LogP contribution in [0.3, 0.4) is 0 Å². The van der Waals surface area contributed by atoms with Gasteiger partial charge in [0.25, 0.3) is 0 Å². The maximum absolute atomic E-state index is 10.7. The van der Waals surface area contributed by atoms with Crippen LogP contribution >= 0.6 is 0 Å². The van der Waals surface area contributed by atoms with Crippen molar-refractivity contribution < 1.29 is 9.90 Å². The normalized spacial score (nSPS) is 10.3. The molecule has 4 nitrogen and oxygen atoms in total. The zero-order valence-corrected chi connectivity index (χ0v) is 6.11. The van der Waals surface area contributed by atoms with Gasteiger partial charge in [-0.05, 0) is 12.1 Å². The molecule has 0 radical (unpaired) electrons. The summed E-state index contributed by atoms with van der Waals surface area (Å²) in [5, 5.41) is 8.75. The highest BCUT2D eigenvalue weighted by Crippen LogP contribution is 2.13. The van der Waals surface area contributed by atoms with Crippen LogP contribution in [0.4, 0.5) is 0 Å². The lowest BCUT2D eigenvalue weighted by atomic mass is 10.2. The van der Waals surface area contributed by atoms with Gasteiger partial charge in [-0.2, -0.15) is 0 Å². The van der Waals surface area contributed by atoms with Gasteiger partial charge in [0.2, 0.25) is 0 Å². The van der Waals surface area contributed by atoms with E-state index in [0.717, 1.165) is 0 Å². The summed E-state index contributed by atoms with van der Waals surface area (Å²) < 4.78 is 0. The number of fused-ring (bicyclic) bond motifs is 1. The van der Waals surface area contributed by atoms with Gasteiger partial charge < -0.3 is 10.1 Å². The van der Waals surface area contributed by atoms with Gasteiger partial charge in [-0.3, -0.25) is 4.98 Å². The second-order valence-corrected chi connectivity index (χ2v) is 2.40. The fraction of sp³-hybridized carbons (Fsp3) is 0. The number of aromatic amines is 1. The monoisotopic (exact) mass is 162 g/mol. The van der Waals surface area contributed by atoms with Crippen molar-refractivity contribution in [2.45, 2.75) is 0 Å². The molecule has 2 aromatic heterocycles. The topological polar surface area (TPSA) is 66.0 Å². The van der Waals surface area contributed by atoms with Crippen LogP contribution in [0, 0.1) is 0 Å². The molecular weight excluding hydrogens is 156 g/mol. The number of aromatic carboxylic acids is 1. The van der Waals surface area contributed by atoms with E-state index in [9.17, 15) is 4.79 Å². The summed E-state index contributed by atoms with van der Waals surface area (Å²) in [5.41, 5.74) is 1.50. The summed E-state index contributed by atoms with van der Waals surface area (Å²) in [5.74, 6) is -0.940. The maximum atomic E-state index is 10.7. The van der Waals surface area contributed by atoms with E-state index in [-0.39, 0.29) is 5.56 Å². The third-order valence-corrected chi connectivity index (χ3v) is 1.68. The van der Waals surface area contributed by atoms with Crippen LogP contribution in [0.1, 0.15) is 10.4 Å². The molecule has 0 atom stereocenters. The summed E-state index contributed by atoms with van der Waals surface area (Å²) in [6, 6.07) is 3.21. The number of hydrogen-bond acceptors (Lipinski definition) is 2. The van der Waals surface area contributed by atoms with E-state index in [1.807, 2.05) is 0 Å². The summed E-state index contributed by atoms with van der Waals surface area (Å²) in [6.45, 7) is 0. The predicted molar refractivity (Wildman–Crippen MR) is 43.1 cm³/mol. The zero-order chi connectivity index (χ0) is 8.55. The first-order valence-electron chi connectivity index (χ1n) is 3.44. The molecule has 0 saturated heterocycles. The molecule has 2 N–H and O–H groups in total. The molecule has 0 bridgehead atoms. The molecule has 12 heavy (non-hydrogen) atoms. The minimum absolute atomic E-state index is 0.255. The van der Waals surface area contributed by atoms with E-state index in [0.29, 0.717) is 11.0 Å². The average Bonchev–Trinajstić information content (AvgIpc) is 2.49. The molecule has 0 aliphatic heterocycles. The van der Waals surface area contributed by atoms with Crippen molar-refractivity contribution in [1.29, 1.82) is 0 Å². The third-order valence-electron chi connectivity index (χ3n) is 1.68. The Bertz CT molecular complexity index is 433. The van der Waals surface area contributed by atoms with Gasteiger partial charge in [0.1, 0.15) is 0 Å². The molecule has 0 aromatic carbocycles. The Kier molecular flexibility index (Phi) is 1.33. The standard InChI is InChI=1S/C8H6N2O2/c11-8(12)5-1-3-9-6-2-4-10-7(5)6/h1-4,10H,(H,11,12). The van der Waals surface area contributed by atoms with Crippen LogP contribution in [0.5, 0.6) is 0 Å². The summed E-state index contributed by atoms with van der Waals surface area (Å²) in [7, 11) is 0. The zero-order valence-electron chi connectivity index (χ0n) is 6.11. The summed E-state index contributed by atoms with van der Waals surface area (Å²) >= 11 is 0. The van der Waals surface area contributed by atoms with Crippen molar-refractivity contribution in [3.63, 3.8) is 0 Å². The molecule has 0 spiro atoms. The quantitative estimate of drug-likeness (QED) is 0.663. The molecule has 2 heterocycles. The molecule has 0 aliphatic carbocycles. The van der Waals surface area contributed by atoms with E-state index in [1.54, 1.807) is 12.3 Å². The number of nitrogens with zero attached hydrogens (tertiary/aromatic N) is 1. The van der Waals surface area contributed by atoms with E-state index in [1.165, 1.54) is 12.3 Å². The highest BCUT2D eigenvalue weighted by Gasteiger charge is 2.08. The molecule has 2 aromatic rings. The lowest BCUT2D eigenvalue weighted by Crippen LogP contribution is -1.97. The van der Waals surface area contributed by atoms with E-state index in [4.69, 9.17) is 5.11 Å². The minimum atomic E-state index is -0.940. The van der Waals surface area contributed by atoms with Crippen LogP contribution in [-0.4, -0.2) is 21.0 Å². The molecule has 0 unspecified atom stereocenters. The number of pyridine rings is 1. The van der Waals surface area contributed by atoms with E-state index in [2.05, 4.69) is 9.97 Å². The molecule has 0 fully saturated rings. The van der Waals surface area contributed by atoms with Crippen molar-refractivity contribution >= 4 is 17.0 Å². The van der Waals surface area contributed by atoms with Crippen LogP contribution in [-0.2, 0) is 0 Å². The number of rotatable bonds is 1. The van der Waals surface area contributed by atoms with Crippen LogP contribution in [0.15, 0.2) is 24.5 Å². The number of carbonyl (C=O) groups is 1. The molecular formula is C8H6N2O2. The summed E-state index contributed by atoms with van der Waals surface area (Å²) in [4.78, 5) is 17.5. The average molecular weight is 162 g/mol. The summed E-state index contributed by atoms with van der Waals surface area (Å²) in [6.07, 6.45) is 3.16. The van der Waals surface area contributed by atoms with Gasteiger partial charge in [-0.15, -0.1) is 0 Å². The Morgan fingerprint density at radius 3 is 3.08 bits per heavy atom. The Morgan fingerprint density at radius 1 is 1.50 bits per heavy atom. The minimum Gasteiger partial charge on any atom is -0.478 e. The molecule has 0 aliphatic rings. The molecule has 0 saturated carbocycles. The SMILES string of the molecule is O=C(O)c1ccnc2cc[nH]c12. The Morgan fingerprint density at radius 2 is 2.33 bits per heavy atom. The Hall–Kier alpha value is -1.84. The molecule has 0 amide bonds.